The van der Waals surface area contributed by atoms with Crippen LogP contribution in [0.4, 0.5) is 0 Å². The predicted octanol–water partition coefficient (Wildman–Crippen LogP) is 2.36. The Morgan fingerprint density at radius 2 is 1.84 bits per heavy atom. The molecule has 2 aliphatic heterocycles. The maximum atomic E-state index is 12.2. The van der Waals surface area contributed by atoms with Crippen LogP contribution in [0.2, 0.25) is 0 Å². The summed E-state index contributed by atoms with van der Waals surface area (Å²) in [6, 6.07) is 5.45. The van der Waals surface area contributed by atoms with Crippen molar-refractivity contribution in [2.45, 2.75) is 18.2 Å². The molecular weight excluding hydrogens is 266 g/mol. The normalized spacial score (nSPS) is 19.3. The Balaban J connectivity index is 1.79. The van der Waals surface area contributed by atoms with Gasteiger partial charge in [0, 0.05) is 13.1 Å². The van der Waals surface area contributed by atoms with Gasteiger partial charge in [0.1, 0.15) is 18.6 Å². The Morgan fingerprint density at radius 3 is 2.58 bits per heavy atom. The lowest BCUT2D eigenvalue weighted by atomic mass is 10.1. The van der Waals surface area contributed by atoms with Gasteiger partial charge < -0.3 is 14.4 Å². The number of alkyl halides is 1. The van der Waals surface area contributed by atoms with Crippen molar-refractivity contribution in [3.05, 3.63) is 23.8 Å². The predicted molar refractivity (Wildman–Crippen MR) is 71.8 cm³/mol. The van der Waals surface area contributed by atoms with E-state index in [0.29, 0.717) is 24.7 Å². The van der Waals surface area contributed by atoms with E-state index in [2.05, 4.69) is 0 Å². The van der Waals surface area contributed by atoms with E-state index in [9.17, 15) is 4.79 Å². The van der Waals surface area contributed by atoms with E-state index >= 15 is 0 Å². The highest BCUT2D eigenvalue weighted by molar-refractivity contribution is 6.30. The molecular formula is C14H16ClNO3. The van der Waals surface area contributed by atoms with Crippen LogP contribution in [0.15, 0.2) is 18.2 Å². The number of hydrogen-bond acceptors (Lipinski definition) is 3. The summed E-state index contributed by atoms with van der Waals surface area (Å²) in [5.41, 5.74) is 0.766. The number of fused-ring (bicyclic) bond motifs is 1. The number of hydrogen-bond donors (Lipinski definition) is 0. The fourth-order valence-electron chi connectivity index (χ4n) is 2.46. The van der Waals surface area contributed by atoms with E-state index < -0.39 is 5.38 Å². The molecule has 4 nitrogen and oxygen atoms in total. The Kier molecular flexibility index (Phi) is 3.51. The molecule has 1 fully saturated rings. The lowest BCUT2D eigenvalue weighted by Gasteiger charge is -2.22. The van der Waals surface area contributed by atoms with Crippen molar-refractivity contribution in [2.75, 3.05) is 26.3 Å². The Morgan fingerprint density at radius 1 is 1.16 bits per heavy atom. The lowest BCUT2D eigenvalue weighted by molar-refractivity contribution is -0.129. The van der Waals surface area contributed by atoms with Gasteiger partial charge in [0.25, 0.3) is 0 Å². The second-order valence-corrected chi connectivity index (χ2v) is 5.23. The molecule has 1 aromatic carbocycles. The van der Waals surface area contributed by atoms with Gasteiger partial charge in [0.2, 0.25) is 5.91 Å². The monoisotopic (exact) mass is 281 g/mol. The molecule has 0 spiro atoms. The fourth-order valence-corrected chi connectivity index (χ4v) is 2.73. The average Bonchev–Trinajstić information content (AvgIpc) is 2.99. The van der Waals surface area contributed by atoms with Crippen LogP contribution in [0, 0.1) is 0 Å². The lowest BCUT2D eigenvalue weighted by Crippen LogP contribution is -2.30. The molecule has 3 rings (SSSR count). The molecule has 2 heterocycles. The SMILES string of the molecule is O=C(C(Cl)c1ccc2c(c1)OCCO2)N1CCCC1. The molecule has 5 heteroatoms. The summed E-state index contributed by atoms with van der Waals surface area (Å²) in [5, 5.41) is -0.645. The summed E-state index contributed by atoms with van der Waals surface area (Å²) in [7, 11) is 0. The molecule has 102 valence electrons. The van der Waals surface area contributed by atoms with Crippen LogP contribution in [0.3, 0.4) is 0 Å². The number of nitrogens with zero attached hydrogens (tertiary/aromatic N) is 1. The first-order chi connectivity index (χ1) is 9.25. The van der Waals surface area contributed by atoms with Crippen molar-refractivity contribution in [3.8, 4) is 11.5 Å². The quantitative estimate of drug-likeness (QED) is 0.781. The van der Waals surface area contributed by atoms with Crippen LogP contribution in [0.1, 0.15) is 23.8 Å². The van der Waals surface area contributed by atoms with E-state index in [1.807, 2.05) is 17.0 Å². The number of carbonyl (C=O) groups excluding carboxylic acids is 1. The van der Waals surface area contributed by atoms with Crippen molar-refractivity contribution in [2.24, 2.45) is 0 Å². The minimum absolute atomic E-state index is 0.0177. The van der Waals surface area contributed by atoms with Crippen LogP contribution < -0.4 is 9.47 Å². The van der Waals surface area contributed by atoms with Crippen LogP contribution in [0.5, 0.6) is 11.5 Å². The van der Waals surface area contributed by atoms with Crippen LogP contribution >= 0.6 is 11.6 Å². The molecule has 0 radical (unpaired) electrons. The molecule has 1 atom stereocenters. The highest BCUT2D eigenvalue weighted by atomic mass is 35.5. The van der Waals surface area contributed by atoms with Crippen molar-refractivity contribution < 1.29 is 14.3 Å². The Bertz CT molecular complexity index is 486. The third-order valence-electron chi connectivity index (χ3n) is 3.49. The zero-order valence-electron chi connectivity index (χ0n) is 10.6. The molecule has 0 aliphatic carbocycles. The molecule has 0 aromatic heterocycles. The summed E-state index contributed by atoms with van der Waals surface area (Å²) < 4.78 is 11.0. The Labute approximate surface area is 117 Å². The van der Waals surface area contributed by atoms with E-state index in [1.165, 1.54) is 0 Å². The number of carbonyl (C=O) groups is 1. The van der Waals surface area contributed by atoms with Gasteiger partial charge in [-0.1, -0.05) is 6.07 Å². The molecule has 0 bridgehead atoms. The fraction of sp³-hybridized carbons (Fsp3) is 0.500. The number of rotatable bonds is 2. The number of ether oxygens (including phenoxy) is 2. The van der Waals surface area contributed by atoms with Gasteiger partial charge in [-0.25, -0.2) is 0 Å². The van der Waals surface area contributed by atoms with Gasteiger partial charge in [-0.3, -0.25) is 4.79 Å². The minimum atomic E-state index is -0.645. The summed E-state index contributed by atoms with van der Waals surface area (Å²) in [6.45, 7) is 2.71. The topological polar surface area (TPSA) is 38.8 Å². The zero-order valence-corrected chi connectivity index (χ0v) is 11.4. The van der Waals surface area contributed by atoms with Crippen molar-refractivity contribution in [3.63, 3.8) is 0 Å². The third kappa shape index (κ3) is 2.50. The molecule has 0 saturated carbocycles. The molecule has 2 aliphatic rings. The molecule has 1 amide bonds. The van der Waals surface area contributed by atoms with E-state index in [-0.39, 0.29) is 5.91 Å². The van der Waals surface area contributed by atoms with Crippen LogP contribution in [-0.4, -0.2) is 37.1 Å². The van der Waals surface area contributed by atoms with Gasteiger partial charge in [0.05, 0.1) is 0 Å². The first kappa shape index (κ1) is 12.6. The number of benzene rings is 1. The summed E-state index contributed by atoms with van der Waals surface area (Å²) >= 11 is 6.29. The van der Waals surface area contributed by atoms with Crippen LogP contribution in [-0.2, 0) is 4.79 Å². The molecule has 1 aromatic rings. The Hall–Kier alpha value is -1.42. The molecule has 19 heavy (non-hydrogen) atoms. The number of halogens is 1. The van der Waals surface area contributed by atoms with Crippen LogP contribution in [0.25, 0.3) is 0 Å². The first-order valence-corrected chi connectivity index (χ1v) is 7.02. The third-order valence-corrected chi connectivity index (χ3v) is 3.93. The maximum absolute atomic E-state index is 12.2. The smallest absolute Gasteiger partial charge is 0.245 e. The first-order valence-electron chi connectivity index (χ1n) is 6.58. The summed E-state index contributed by atoms with van der Waals surface area (Å²) in [4.78, 5) is 14.1. The van der Waals surface area contributed by atoms with Crippen molar-refractivity contribution in [1.29, 1.82) is 0 Å². The van der Waals surface area contributed by atoms with Crippen molar-refractivity contribution in [1.82, 2.24) is 4.90 Å². The highest BCUT2D eigenvalue weighted by Gasteiger charge is 2.27. The highest BCUT2D eigenvalue weighted by Crippen LogP contribution is 2.35. The van der Waals surface area contributed by atoms with E-state index in [1.54, 1.807) is 6.07 Å². The van der Waals surface area contributed by atoms with Gasteiger partial charge >= 0.3 is 0 Å². The van der Waals surface area contributed by atoms with Crippen molar-refractivity contribution >= 4 is 17.5 Å². The standard InChI is InChI=1S/C14H16ClNO3/c15-13(14(17)16-5-1-2-6-16)10-3-4-11-12(9-10)19-8-7-18-11/h3-4,9,13H,1-2,5-8H2. The minimum Gasteiger partial charge on any atom is -0.486 e. The largest absolute Gasteiger partial charge is 0.486 e. The average molecular weight is 282 g/mol. The molecule has 1 saturated heterocycles. The second-order valence-electron chi connectivity index (χ2n) is 4.80. The second kappa shape index (κ2) is 5.29. The molecule has 1 unspecified atom stereocenters. The number of likely N-dealkylation sites (tertiary alicyclic amines) is 1. The van der Waals surface area contributed by atoms with Gasteiger partial charge in [-0.15, -0.1) is 11.6 Å². The van der Waals surface area contributed by atoms with E-state index in [4.69, 9.17) is 21.1 Å². The summed E-state index contributed by atoms with van der Waals surface area (Å²) in [5.74, 6) is 1.37. The number of amides is 1. The van der Waals surface area contributed by atoms with Gasteiger partial charge in [-0.2, -0.15) is 0 Å². The van der Waals surface area contributed by atoms with Gasteiger partial charge in [-0.05, 0) is 30.5 Å². The zero-order chi connectivity index (χ0) is 13.2. The maximum Gasteiger partial charge on any atom is 0.245 e. The van der Waals surface area contributed by atoms with E-state index in [0.717, 1.165) is 31.5 Å². The summed E-state index contributed by atoms with van der Waals surface area (Å²) in [6.07, 6.45) is 2.13. The molecule has 0 N–H and O–H groups in total. The van der Waals surface area contributed by atoms with Gasteiger partial charge in [0.15, 0.2) is 11.5 Å².